The fourth-order valence-electron chi connectivity index (χ4n) is 0.954. The van der Waals surface area contributed by atoms with Gasteiger partial charge in [0.1, 0.15) is 10.0 Å². The van der Waals surface area contributed by atoms with Crippen LogP contribution in [0.25, 0.3) is 0 Å². The molecule has 102 valence electrons. The molecule has 18 heavy (non-hydrogen) atoms. The molecule has 0 amide bonds. The molecule has 1 rings (SSSR count). The molecule has 0 radical (unpaired) electrons. The van der Waals surface area contributed by atoms with Gasteiger partial charge in [-0.15, -0.1) is 0 Å². The highest BCUT2D eigenvalue weighted by atomic mass is 35.5. The van der Waals surface area contributed by atoms with Crippen LogP contribution in [0.3, 0.4) is 0 Å². The van der Waals surface area contributed by atoms with Crippen LogP contribution in [0, 0.1) is 0 Å². The van der Waals surface area contributed by atoms with E-state index in [-0.39, 0.29) is 5.15 Å². The van der Waals surface area contributed by atoms with Crippen molar-refractivity contribution >= 4 is 21.6 Å². The van der Waals surface area contributed by atoms with E-state index in [2.05, 4.69) is 4.98 Å². The molecule has 0 saturated carbocycles. The number of aliphatic hydroxyl groups is 1. The summed E-state index contributed by atoms with van der Waals surface area (Å²) in [4.78, 5) is 3.03. The zero-order valence-electron chi connectivity index (χ0n) is 8.65. The molecule has 1 unspecified atom stereocenters. The molecule has 0 saturated heterocycles. The average molecular weight is 305 g/mol. The van der Waals surface area contributed by atoms with Crippen molar-refractivity contribution in [2.24, 2.45) is 0 Å². The number of aromatic nitrogens is 1. The van der Waals surface area contributed by atoms with E-state index >= 15 is 0 Å². The third-order valence-electron chi connectivity index (χ3n) is 1.86. The quantitative estimate of drug-likeness (QED) is 0.811. The molecule has 5 nitrogen and oxygen atoms in total. The van der Waals surface area contributed by atoms with Gasteiger partial charge in [0.15, 0.2) is 6.10 Å². The maximum Gasteiger partial charge on any atom is 0.415 e. The molecule has 0 bridgehead atoms. The zero-order chi connectivity index (χ0) is 14.0. The van der Waals surface area contributed by atoms with Crippen LogP contribution in [0.2, 0.25) is 5.15 Å². The van der Waals surface area contributed by atoms with Gasteiger partial charge in [0, 0.05) is 12.7 Å². The molecule has 0 aliphatic carbocycles. The number of aliphatic hydroxyl groups excluding tert-OH is 1. The Bertz CT molecular complexity index is 521. The van der Waals surface area contributed by atoms with Gasteiger partial charge < -0.3 is 5.11 Å². The Morgan fingerprint density at radius 1 is 1.50 bits per heavy atom. The molecule has 1 atom stereocenters. The molecule has 0 aliphatic rings. The van der Waals surface area contributed by atoms with Gasteiger partial charge in [0.2, 0.25) is 10.0 Å². The zero-order valence-corrected chi connectivity index (χ0v) is 10.2. The van der Waals surface area contributed by atoms with Gasteiger partial charge in [-0.25, -0.2) is 18.1 Å². The Hall–Kier alpha value is -0.900. The normalized spacial score (nSPS) is 14.5. The number of hydrogen-bond donors (Lipinski definition) is 2. The molecule has 1 aromatic rings. The first kappa shape index (κ1) is 15.2. The van der Waals surface area contributed by atoms with Crippen LogP contribution in [-0.4, -0.2) is 37.3 Å². The third kappa shape index (κ3) is 3.80. The Morgan fingerprint density at radius 3 is 2.61 bits per heavy atom. The van der Waals surface area contributed by atoms with Crippen molar-refractivity contribution in [1.29, 1.82) is 0 Å². The molecular formula is C8H8ClF3N2O3S. The van der Waals surface area contributed by atoms with E-state index in [9.17, 15) is 21.6 Å². The summed E-state index contributed by atoms with van der Waals surface area (Å²) in [5.74, 6) is 0. The van der Waals surface area contributed by atoms with Gasteiger partial charge in [0.05, 0.1) is 0 Å². The molecule has 0 spiro atoms. The number of rotatable bonds is 4. The van der Waals surface area contributed by atoms with E-state index in [0.29, 0.717) is 0 Å². The lowest BCUT2D eigenvalue weighted by Gasteiger charge is -2.15. The van der Waals surface area contributed by atoms with Gasteiger partial charge in [-0.05, 0) is 12.1 Å². The molecule has 2 N–H and O–H groups in total. The van der Waals surface area contributed by atoms with Crippen molar-refractivity contribution in [3.05, 3.63) is 23.5 Å². The van der Waals surface area contributed by atoms with Crippen LogP contribution in [0.5, 0.6) is 0 Å². The standard InChI is InChI=1S/C8H8ClF3N2O3S/c9-7-5(2-1-3-13-7)18(16,17)14-4-6(15)8(10,11)12/h1-3,6,14-15H,4H2. The smallest absolute Gasteiger partial charge is 0.382 e. The second-order valence-corrected chi connectivity index (χ2v) is 5.30. The number of alkyl halides is 3. The van der Waals surface area contributed by atoms with E-state index in [4.69, 9.17) is 16.7 Å². The fourth-order valence-corrected chi connectivity index (χ4v) is 2.44. The van der Waals surface area contributed by atoms with E-state index < -0.39 is 33.7 Å². The van der Waals surface area contributed by atoms with Crippen LogP contribution < -0.4 is 4.72 Å². The van der Waals surface area contributed by atoms with E-state index in [1.807, 2.05) is 0 Å². The van der Waals surface area contributed by atoms with Gasteiger partial charge in [0.25, 0.3) is 0 Å². The number of halogens is 4. The summed E-state index contributed by atoms with van der Waals surface area (Å²) in [5, 5.41) is 8.30. The number of hydrogen-bond acceptors (Lipinski definition) is 4. The van der Waals surface area contributed by atoms with E-state index in [1.165, 1.54) is 12.3 Å². The molecule has 0 aromatic carbocycles. The molecule has 0 fully saturated rings. The second-order valence-electron chi connectivity index (χ2n) is 3.20. The van der Waals surface area contributed by atoms with Crippen LogP contribution >= 0.6 is 11.6 Å². The van der Waals surface area contributed by atoms with Gasteiger partial charge in [-0.2, -0.15) is 13.2 Å². The Labute approximate surface area is 106 Å². The SMILES string of the molecule is O=S(=O)(NCC(O)C(F)(F)F)c1cccnc1Cl. The Balaban J connectivity index is 2.82. The van der Waals surface area contributed by atoms with Crippen LogP contribution in [0.15, 0.2) is 23.2 Å². The molecule has 1 heterocycles. The molecular weight excluding hydrogens is 297 g/mol. The average Bonchev–Trinajstić information content (AvgIpc) is 2.25. The van der Waals surface area contributed by atoms with E-state index in [1.54, 1.807) is 4.72 Å². The first-order valence-electron chi connectivity index (χ1n) is 4.49. The van der Waals surface area contributed by atoms with Crippen molar-refractivity contribution in [2.75, 3.05) is 6.54 Å². The minimum Gasteiger partial charge on any atom is -0.382 e. The van der Waals surface area contributed by atoms with Crippen molar-refractivity contribution < 1.29 is 26.7 Å². The van der Waals surface area contributed by atoms with Gasteiger partial charge >= 0.3 is 6.18 Å². The lowest BCUT2D eigenvalue weighted by Crippen LogP contribution is -2.40. The van der Waals surface area contributed by atoms with Gasteiger partial charge in [-0.1, -0.05) is 11.6 Å². The summed E-state index contributed by atoms with van der Waals surface area (Å²) in [6.45, 7) is -1.20. The van der Waals surface area contributed by atoms with Crippen molar-refractivity contribution in [2.45, 2.75) is 17.2 Å². The summed E-state index contributed by atoms with van der Waals surface area (Å²) >= 11 is 5.50. The summed E-state index contributed by atoms with van der Waals surface area (Å²) in [5.41, 5.74) is 0. The lowest BCUT2D eigenvalue weighted by atomic mass is 10.4. The number of sulfonamides is 1. The van der Waals surface area contributed by atoms with Crippen LogP contribution in [0.1, 0.15) is 0 Å². The molecule has 0 aliphatic heterocycles. The summed E-state index contributed by atoms with van der Waals surface area (Å²) in [6, 6.07) is 2.35. The maximum absolute atomic E-state index is 12.0. The van der Waals surface area contributed by atoms with Gasteiger partial charge in [-0.3, -0.25) is 0 Å². The minimum atomic E-state index is -4.90. The number of pyridine rings is 1. The first-order valence-corrected chi connectivity index (χ1v) is 6.35. The number of nitrogens with one attached hydrogen (secondary N) is 1. The largest absolute Gasteiger partial charge is 0.415 e. The highest BCUT2D eigenvalue weighted by Gasteiger charge is 2.38. The Morgan fingerprint density at radius 2 is 2.11 bits per heavy atom. The predicted octanol–water partition coefficient (Wildman–Crippen LogP) is 0.936. The highest BCUT2D eigenvalue weighted by molar-refractivity contribution is 7.89. The first-order chi connectivity index (χ1) is 8.14. The fraction of sp³-hybridized carbons (Fsp3) is 0.375. The topological polar surface area (TPSA) is 79.3 Å². The number of nitrogens with zero attached hydrogens (tertiary/aromatic N) is 1. The maximum atomic E-state index is 12.0. The summed E-state index contributed by atoms with van der Waals surface area (Å²) < 4.78 is 60.7. The minimum absolute atomic E-state index is 0.369. The van der Waals surface area contributed by atoms with Crippen molar-refractivity contribution in [1.82, 2.24) is 9.71 Å². The Kier molecular flexibility index (Phi) is 4.54. The van der Waals surface area contributed by atoms with Crippen LogP contribution in [0.4, 0.5) is 13.2 Å². The summed E-state index contributed by atoms with van der Waals surface area (Å²) in [6.07, 6.45) is -6.46. The van der Waals surface area contributed by atoms with Crippen molar-refractivity contribution in [3.8, 4) is 0 Å². The lowest BCUT2D eigenvalue weighted by molar-refractivity contribution is -0.200. The monoisotopic (exact) mass is 304 g/mol. The molecule has 1 aromatic heterocycles. The molecule has 10 heteroatoms. The van der Waals surface area contributed by atoms with Crippen molar-refractivity contribution in [3.63, 3.8) is 0 Å². The second kappa shape index (κ2) is 5.39. The van der Waals surface area contributed by atoms with E-state index in [0.717, 1.165) is 6.07 Å². The van der Waals surface area contributed by atoms with Crippen LogP contribution in [-0.2, 0) is 10.0 Å². The predicted molar refractivity (Wildman–Crippen MR) is 56.5 cm³/mol. The summed E-state index contributed by atoms with van der Waals surface area (Å²) in [7, 11) is -4.25. The third-order valence-corrected chi connectivity index (χ3v) is 3.73. The highest BCUT2D eigenvalue weighted by Crippen LogP contribution is 2.21.